The van der Waals surface area contributed by atoms with E-state index in [0.29, 0.717) is 10.7 Å². The Morgan fingerprint density at radius 3 is 2.45 bits per heavy atom. The van der Waals surface area contributed by atoms with Crippen LogP contribution in [0.3, 0.4) is 0 Å². The highest BCUT2D eigenvalue weighted by Crippen LogP contribution is 2.25. The van der Waals surface area contributed by atoms with Crippen LogP contribution < -0.4 is 10.2 Å². The average Bonchev–Trinajstić information content (AvgIpc) is 3.23. The predicted octanol–water partition coefficient (Wildman–Crippen LogP) is 3.04. The maximum atomic E-state index is 12.6. The van der Waals surface area contributed by atoms with Crippen molar-refractivity contribution in [1.29, 1.82) is 0 Å². The molecular formula is C23H26N3O2S+. The van der Waals surface area contributed by atoms with Crippen molar-refractivity contribution in [2.24, 2.45) is 0 Å². The summed E-state index contributed by atoms with van der Waals surface area (Å²) in [7, 11) is 0. The van der Waals surface area contributed by atoms with E-state index in [4.69, 9.17) is 4.74 Å². The number of quaternary nitrogens is 1. The minimum Gasteiger partial charge on any atom is -0.370 e. The summed E-state index contributed by atoms with van der Waals surface area (Å²) in [5, 5.41) is 5.51. The number of morpholine rings is 1. The van der Waals surface area contributed by atoms with Gasteiger partial charge in [-0.15, -0.1) is 11.3 Å². The summed E-state index contributed by atoms with van der Waals surface area (Å²) in [5.74, 6) is -0.127. The molecular weight excluding hydrogens is 382 g/mol. The van der Waals surface area contributed by atoms with Gasteiger partial charge in [-0.25, -0.2) is 4.98 Å². The van der Waals surface area contributed by atoms with Crippen molar-refractivity contribution in [1.82, 2.24) is 4.98 Å². The number of amides is 1. The van der Waals surface area contributed by atoms with Crippen molar-refractivity contribution < 1.29 is 14.4 Å². The molecule has 2 N–H and O–H groups in total. The highest BCUT2D eigenvalue weighted by atomic mass is 32.1. The van der Waals surface area contributed by atoms with Crippen molar-refractivity contribution in [3.8, 4) is 11.3 Å². The quantitative estimate of drug-likeness (QED) is 0.659. The SMILES string of the molecule is CCc1ccc(-c2csc(NC(=O)c3ccc(C[NH+]4CCOCC4)cc3)n2)cc1. The van der Waals surface area contributed by atoms with Gasteiger partial charge in [0, 0.05) is 22.1 Å². The molecule has 4 rings (SSSR count). The zero-order valence-corrected chi connectivity index (χ0v) is 17.4. The van der Waals surface area contributed by atoms with Gasteiger partial charge >= 0.3 is 0 Å². The number of nitrogens with one attached hydrogen (secondary N) is 2. The summed E-state index contributed by atoms with van der Waals surface area (Å²) in [6, 6.07) is 16.3. The highest BCUT2D eigenvalue weighted by molar-refractivity contribution is 7.14. The number of rotatable bonds is 6. The number of carbonyl (C=O) groups excluding carboxylic acids is 1. The molecule has 0 aliphatic carbocycles. The number of carbonyl (C=O) groups is 1. The molecule has 2 heterocycles. The van der Waals surface area contributed by atoms with Gasteiger partial charge < -0.3 is 9.64 Å². The van der Waals surface area contributed by atoms with Crippen LogP contribution in [0, 0.1) is 0 Å². The van der Waals surface area contributed by atoms with E-state index in [-0.39, 0.29) is 5.91 Å². The number of benzene rings is 2. The van der Waals surface area contributed by atoms with Crippen molar-refractivity contribution in [3.05, 3.63) is 70.6 Å². The molecule has 29 heavy (non-hydrogen) atoms. The van der Waals surface area contributed by atoms with Gasteiger partial charge in [-0.2, -0.15) is 0 Å². The summed E-state index contributed by atoms with van der Waals surface area (Å²) in [6.45, 7) is 6.84. The van der Waals surface area contributed by atoms with Crippen LogP contribution in [0.25, 0.3) is 11.3 Å². The Hall–Kier alpha value is -2.54. The van der Waals surface area contributed by atoms with Gasteiger partial charge in [-0.05, 0) is 24.1 Å². The first kappa shape index (κ1) is 19.8. The molecule has 2 aromatic carbocycles. The first-order valence-corrected chi connectivity index (χ1v) is 11.0. The lowest BCUT2D eigenvalue weighted by Gasteiger charge is -2.23. The number of hydrogen-bond donors (Lipinski definition) is 2. The Kier molecular flexibility index (Phi) is 6.34. The lowest BCUT2D eigenvalue weighted by Crippen LogP contribution is -3.12. The number of ether oxygens (including phenoxy) is 1. The van der Waals surface area contributed by atoms with Gasteiger partial charge in [0.05, 0.1) is 18.9 Å². The molecule has 0 spiro atoms. The van der Waals surface area contributed by atoms with Crippen molar-refractivity contribution in [2.75, 3.05) is 31.6 Å². The smallest absolute Gasteiger partial charge is 0.257 e. The molecule has 0 bridgehead atoms. The second kappa shape index (κ2) is 9.31. The number of anilines is 1. The molecule has 0 saturated carbocycles. The number of hydrogen-bond acceptors (Lipinski definition) is 4. The second-order valence-electron chi connectivity index (χ2n) is 7.28. The topological polar surface area (TPSA) is 55.7 Å². The van der Waals surface area contributed by atoms with Gasteiger partial charge in [-0.3, -0.25) is 10.1 Å². The average molecular weight is 409 g/mol. The Balaban J connectivity index is 1.37. The van der Waals surface area contributed by atoms with E-state index in [9.17, 15) is 4.79 Å². The zero-order valence-electron chi connectivity index (χ0n) is 16.6. The van der Waals surface area contributed by atoms with Crippen LogP contribution in [0.5, 0.6) is 0 Å². The van der Waals surface area contributed by atoms with Gasteiger partial charge in [-0.1, -0.05) is 43.3 Å². The van der Waals surface area contributed by atoms with Gasteiger partial charge in [0.1, 0.15) is 19.6 Å². The normalized spacial score (nSPS) is 14.7. The molecule has 1 saturated heterocycles. The number of aromatic nitrogens is 1. The molecule has 1 aliphatic rings. The highest BCUT2D eigenvalue weighted by Gasteiger charge is 2.15. The molecule has 1 fully saturated rings. The van der Waals surface area contributed by atoms with Gasteiger partial charge in [0.15, 0.2) is 5.13 Å². The molecule has 1 aliphatic heterocycles. The standard InChI is InChI=1S/C23H25N3O2S/c1-2-17-3-7-19(8-4-17)21-16-29-23(24-21)25-22(27)20-9-5-18(6-10-20)15-26-11-13-28-14-12-26/h3-10,16H,2,11-15H2,1H3,(H,24,25,27)/p+1. The fourth-order valence-electron chi connectivity index (χ4n) is 3.44. The van der Waals surface area contributed by atoms with E-state index >= 15 is 0 Å². The second-order valence-corrected chi connectivity index (χ2v) is 8.14. The van der Waals surface area contributed by atoms with E-state index in [1.165, 1.54) is 27.4 Å². The Bertz CT molecular complexity index is 945. The molecule has 5 nitrogen and oxygen atoms in total. The number of thiazole rings is 1. The van der Waals surface area contributed by atoms with Crippen molar-refractivity contribution in [3.63, 3.8) is 0 Å². The molecule has 0 unspecified atom stereocenters. The fourth-order valence-corrected chi connectivity index (χ4v) is 4.16. The summed E-state index contributed by atoms with van der Waals surface area (Å²) in [5.41, 5.74) is 5.14. The Morgan fingerprint density at radius 2 is 1.76 bits per heavy atom. The van der Waals surface area contributed by atoms with Crippen LogP contribution >= 0.6 is 11.3 Å². The fraction of sp³-hybridized carbons (Fsp3) is 0.304. The third kappa shape index (κ3) is 5.09. The summed E-state index contributed by atoms with van der Waals surface area (Å²) < 4.78 is 5.41. The van der Waals surface area contributed by atoms with Crippen LogP contribution in [-0.4, -0.2) is 37.2 Å². The van der Waals surface area contributed by atoms with Gasteiger partial charge in [0.2, 0.25) is 0 Å². The van der Waals surface area contributed by atoms with E-state index in [2.05, 4.69) is 41.5 Å². The van der Waals surface area contributed by atoms with Crippen molar-refractivity contribution in [2.45, 2.75) is 19.9 Å². The van der Waals surface area contributed by atoms with Crippen LogP contribution in [0.2, 0.25) is 0 Å². The monoisotopic (exact) mass is 408 g/mol. The van der Waals surface area contributed by atoms with Gasteiger partial charge in [0.25, 0.3) is 5.91 Å². The van der Waals surface area contributed by atoms with E-state index in [0.717, 1.165) is 50.5 Å². The third-order valence-electron chi connectivity index (χ3n) is 5.25. The minimum absolute atomic E-state index is 0.127. The third-order valence-corrected chi connectivity index (χ3v) is 6.01. The first-order chi connectivity index (χ1) is 14.2. The molecule has 0 radical (unpaired) electrons. The zero-order chi connectivity index (χ0) is 20.1. The molecule has 1 amide bonds. The van der Waals surface area contributed by atoms with Crippen LogP contribution in [0.1, 0.15) is 28.4 Å². The molecule has 3 aromatic rings. The van der Waals surface area contributed by atoms with Crippen molar-refractivity contribution >= 4 is 22.4 Å². The molecule has 0 atom stereocenters. The largest absolute Gasteiger partial charge is 0.370 e. The Labute approximate surface area is 175 Å². The maximum absolute atomic E-state index is 12.6. The molecule has 1 aromatic heterocycles. The lowest BCUT2D eigenvalue weighted by atomic mass is 10.1. The minimum atomic E-state index is -0.127. The molecule has 6 heteroatoms. The summed E-state index contributed by atoms with van der Waals surface area (Å²) in [4.78, 5) is 18.7. The first-order valence-electron chi connectivity index (χ1n) is 10.1. The predicted molar refractivity (Wildman–Crippen MR) is 117 cm³/mol. The summed E-state index contributed by atoms with van der Waals surface area (Å²) in [6.07, 6.45) is 1.02. The van der Waals surface area contributed by atoms with Crippen LogP contribution in [-0.2, 0) is 17.7 Å². The number of nitrogens with zero attached hydrogens (tertiary/aromatic N) is 1. The lowest BCUT2D eigenvalue weighted by molar-refractivity contribution is -0.921. The van der Waals surface area contributed by atoms with Crippen LogP contribution in [0.15, 0.2) is 53.9 Å². The van der Waals surface area contributed by atoms with E-state index < -0.39 is 0 Å². The molecule has 150 valence electrons. The summed E-state index contributed by atoms with van der Waals surface area (Å²) >= 11 is 1.45. The number of aryl methyl sites for hydroxylation is 1. The Morgan fingerprint density at radius 1 is 1.07 bits per heavy atom. The van der Waals surface area contributed by atoms with E-state index in [1.54, 1.807) is 0 Å². The van der Waals surface area contributed by atoms with E-state index in [1.807, 2.05) is 29.6 Å². The van der Waals surface area contributed by atoms with Crippen LogP contribution in [0.4, 0.5) is 5.13 Å². The maximum Gasteiger partial charge on any atom is 0.257 e.